The smallest absolute Gasteiger partial charge is 0.313 e. The molecular weight excluding hydrogens is 332 g/mol. The van der Waals surface area contributed by atoms with Gasteiger partial charge in [0.25, 0.3) is 0 Å². The summed E-state index contributed by atoms with van der Waals surface area (Å²) in [5, 5.41) is 21.5. The summed E-state index contributed by atoms with van der Waals surface area (Å²) in [5.41, 5.74) is 1.39. The molecule has 0 aliphatic heterocycles. The molecule has 1 N–H and O–H groups in total. The van der Waals surface area contributed by atoms with Crippen molar-refractivity contribution in [2.24, 2.45) is 0 Å². The maximum absolute atomic E-state index is 10.9. The van der Waals surface area contributed by atoms with Crippen LogP contribution in [0.15, 0.2) is 40.0 Å². The molecule has 0 spiro atoms. The van der Waals surface area contributed by atoms with E-state index in [0.29, 0.717) is 33.9 Å². The van der Waals surface area contributed by atoms with Crippen LogP contribution in [0.25, 0.3) is 17.3 Å². The van der Waals surface area contributed by atoms with Crippen molar-refractivity contribution >= 4 is 17.7 Å². The maximum Gasteiger partial charge on any atom is 0.313 e. The molecule has 8 nitrogen and oxygen atoms in total. The zero-order valence-corrected chi connectivity index (χ0v) is 13.8. The van der Waals surface area contributed by atoms with E-state index < -0.39 is 5.97 Å². The van der Waals surface area contributed by atoms with Crippen LogP contribution < -0.4 is 4.74 Å². The lowest BCUT2D eigenvalue weighted by molar-refractivity contribution is -0.133. The molecule has 2 heterocycles. The number of hydrogen-bond donors (Lipinski definition) is 1. The first-order chi connectivity index (χ1) is 11.6. The fraction of sp³-hybridized carbons (Fsp3) is 0.200. The molecular formula is C15H14N4O4S. The Balaban J connectivity index is 2.15. The summed E-state index contributed by atoms with van der Waals surface area (Å²) in [5.74, 6) is 0.391. The first-order valence-corrected chi connectivity index (χ1v) is 7.96. The van der Waals surface area contributed by atoms with Gasteiger partial charge >= 0.3 is 5.97 Å². The van der Waals surface area contributed by atoms with Crippen LogP contribution in [0.4, 0.5) is 0 Å². The maximum atomic E-state index is 10.9. The number of carboxylic acids is 1. The van der Waals surface area contributed by atoms with Gasteiger partial charge in [-0.05, 0) is 19.1 Å². The van der Waals surface area contributed by atoms with Crippen molar-refractivity contribution in [3.63, 3.8) is 0 Å². The lowest BCUT2D eigenvalue weighted by Crippen LogP contribution is -2.04. The Morgan fingerprint density at radius 1 is 1.38 bits per heavy atom. The number of thioether (sulfide) groups is 1. The minimum Gasteiger partial charge on any atom is -0.495 e. The van der Waals surface area contributed by atoms with Crippen molar-refractivity contribution in [1.29, 1.82) is 0 Å². The van der Waals surface area contributed by atoms with Gasteiger partial charge in [-0.25, -0.2) is 0 Å². The number of aryl methyl sites for hydroxylation is 1. The Bertz CT molecular complexity index is 874. The molecule has 1 aromatic carbocycles. The van der Waals surface area contributed by atoms with Crippen LogP contribution in [0.5, 0.6) is 5.75 Å². The number of benzene rings is 1. The number of carbonyl (C=O) groups is 1. The van der Waals surface area contributed by atoms with E-state index in [1.54, 1.807) is 30.7 Å². The van der Waals surface area contributed by atoms with Crippen LogP contribution in [0.1, 0.15) is 5.69 Å². The van der Waals surface area contributed by atoms with E-state index >= 15 is 0 Å². The summed E-state index contributed by atoms with van der Waals surface area (Å²) in [7, 11) is 1.56. The van der Waals surface area contributed by atoms with Crippen molar-refractivity contribution < 1.29 is 19.2 Å². The number of aliphatic carboxylic acids is 1. The highest BCUT2D eigenvalue weighted by Crippen LogP contribution is 2.32. The number of rotatable bonds is 6. The Morgan fingerprint density at radius 2 is 2.17 bits per heavy atom. The van der Waals surface area contributed by atoms with Crippen LogP contribution in [0.3, 0.4) is 0 Å². The second-order valence-corrected chi connectivity index (χ2v) is 5.77. The minimum absolute atomic E-state index is 0.136. The van der Waals surface area contributed by atoms with E-state index in [-0.39, 0.29) is 5.75 Å². The molecule has 24 heavy (non-hydrogen) atoms. The largest absolute Gasteiger partial charge is 0.495 e. The molecule has 0 atom stereocenters. The molecule has 0 amide bonds. The molecule has 0 bridgehead atoms. The quantitative estimate of drug-likeness (QED) is 0.679. The van der Waals surface area contributed by atoms with E-state index in [1.807, 2.05) is 18.2 Å². The van der Waals surface area contributed by atoms with Crippen molar-refractivity contribution in [3.8, 4) is 23.0 Å². The number of carboxylic acid groups (broad SMARTS) is 1. The topological polar surface area (TPSA) is 103 Å². The van der Waals surface area contributed by atoms with Gasteiger partial charge in [-0.2, -0.15) is 0 Å². The number of nitrogens with zero attached hydrogens (tertiary/aromatic N) is 4. The Hall–Kier alpha value is -2.81. The van der Waals surface area contributed by atoms with Gasteiger partial charge in [0, 0.05) is 6.07 Å². The normalized spacial score (nSPS) is 10.8. The van der Waals surface area contributed by atoms with E-state index in [2.05, 4.69) is 15.4 Å². The Morgan fingerprint density at radius 3 is 2.83 bits per heavy atom. The molecule has 0 saturated heterocycles. The average molecular weight is 346 g/mol. The summed E-state index contributed by atoms with van der Waals surface area (Å²) in [6.07, 6.45) is 0. The van der Waals surface area contributed by atoms with Gasteiger partial charge in [0.05, 0.1) is 24.2 Å². The second kappa shape index (κ2) is 6.75. The summed E-state index contributed by atoms with van der Waals surface area (Å²) >= 11 is 1.06. The first-order valence-electron chi connectivity index (χ1n) is 6.97. The molecule has 2 aromatic heterocycles. The number of hydrogen-bond acceptors (Lipinski definition) is 7. The molecule has 124 valence electrons. The first kappa shape index (κ1) is 16.1. The van der Waals surface area contributed by atoms with E-state index in [1.165, 1.54) is 0 Å². The fourth-order valence-corrected chi connectivity index (χ4v) is 2.82. The van der Waals surface area contributed by atoms with Gasteiger partial charge in [-0.15, -0.1) is 10.2 Å². The van der Waals surface area contributed by atoms with E-state index in [0.717, 1.165) is 11.8 Å². The predicted octanol–water partition coefficient (Wildman–Crippen LogP) is 2.42. The zero-order chi connectivity index (χ0) is 17.1. The molecule has 0 aliphatic carbocycles. The fourth-order valence-electron chi connectivity index (χ4n) is 2.15. The number of aromatic nitrogens is 4. The molecule has 3 rings (SSSR count). The van der Waals surface area contributed by atoms with Crippen LogP contribution in [0, 0.1) is 6.92 Å². The molecule has 0 saturated carbocycles. The SMILES string of the molecule is COc1ccccc1-n1c(SCC(=O)O)nnc1-c1cc(C)no1. The third kappa shape index (κ3) is 3.11. The number of methoxy groups -OCH3 is 1. The lowest BCUT2D eigenvalue weighted by Gasteiger charge is -2.12. The summed E-state index contributed by atoms with van der Waals surface area (Å²) in [6.45, 7) is 1.80. The van der Waals surface area contributed by atoms with Crippen molar-refractivity contribution in [1.82, 2.24) is 19.9 Å². The third-order valence-corrected chi connectivity index (χ3v) is 4.05. The number of para-hydroxylation sites is 2. The standard InChI is InChI=1S/C15H14N4O4S/c1-9-7-12(23-18-9)14-16-17-15(24-8-13(20)21)19(14)10-5-3-4-6-11(10)22-2/h3-7H,8H2,1-2H3,(H,20,21). The molecule has 0 aliphatic rings. The highest BCUT2D eigenvalue weighted by Gasteiger charge is 2.22. The van der Waals surface area contributed by atoms with Crippen LogP contribution in [-0.2, 0) is 4.79 Å². The molecule has 0 unspecified atom stereocenters. The zero-order valence-electron chi connectivity index (χ0n) is 13.0. The highest BCUT2D eigenvalue weighted by molar-refractivity contribution is 7.99. The minimum atomic E-state index is -0.938. The molecule has 9 heteroatoms. The highest BCUT2D eigenvalue weighted by atomic mass is 32.2. The number of ether oxygens (including phenoxy) is 1. The van der Waals surface area contributed by atoms with Crippen molar-refractivity contribution in [3.05, 3.63) is 36.0 Å². The van der Waals surface area contributed by atoms with Gasteiger partial charge in [-0.3, -0.25) is 9.36 Å². The van der Waals surface area contributed by atoms with Crippen molar-refractivity contribution in [2.75, 3.05) is 12.9 Å². The second-order valence-electron chi connectivity index (χ2n) is 4.83. The predicted molar refractivity (Wildman–Crippen MR) is 86.5 cm³/mol. The van der Waals surface area contributed by atoms with Gasteiger partial charge in [-0.1, -0.05) is 29.1 Å². The van der Waals surface area contributed by atoms with E-state index in [4.69, 9.17) is 14.4 Å². The van der Waals surface area contributed by atoms with Crippen LogP contribution >= 0.6 is 11.8 Å². The summed E-state index contributed by atoms with van der Waals surface area (Å²) in [4.78, 5) is 10.9. The monoisotopic (exact) mass is 346 g/mol. The summed E-state index contributed by atoms with van der Waals surface area (Å²) < 4.78 is 12.4. The summed E-state index contributed by atoms with van der Waals surface area (Å²) in [6, 6.07) is 9.06. The molecule has 0 radical (unpaired) electrons. The third-order valence-electron chi connectivity index (χ3n) is 3.13. The Kier molecular flexibility index (Phi) is 4.52. The van der Waals surface area contributed by atoms with Crippen LogP contribution in [0.2, 0.25) is 0 Å². The van der Waals surface area contributed by atoms with E-state index in [9.17, 15) is 4.79 Å². The average Bonchev–Trinajstić information content (AvgIpc) is 3.18. The van der Waals surface area contributed by atoms with Gasteiger partial charge in [0.15, 0.2) is 5.16 Å². The lowest BCUT2D eigenvalue weighted by atomic mass is 10.2. The van der Waals surface area contributed by atoms with Crippen molar-refractivity contribution in [2.45, 2.75) is 12.1 Å². The molecule has 3 aromatic rings. The van der Waals surface area contributed by atoms with Crippen LogP contribution in [-0.4, -0.2) is 43.9 Å². The molecule has 0 fully saturated rings. The van der Waals surface area contributed by atoms with Gasteiger partial charge < -0.3 is 14.4 Å². The van der Waals surface area contributed by atoms with Gasteiger partial charge in [0.1, 0.15) is 5.75 Å². The van der Waals surface area contributed by atoms with Gasteiger partial charge in [0.2, 0.25) is 11.6 Å². The Labute approximate surface area is 141 Å².